The molecule has 2 saturated carbocycles. The number of carbonyl (C=O) groups excluding carboxylic acids is 2. The van der Waals surface area contributed by atoms with Gasteiger partial charge in [0.15, 0.2) is 0 Å². The number of alkyl carbamates (subject to hydrolysis) is 1. The number of hydrogen-bond acceptors (Lipinski definition) is 3. The zero-order chi connectivity index (χ0) is 18.5. The maximum Gasteiger partial charge on any atom is 0.407 e. The van der Waals surface area contributed by atoms with Crippen molar-refractivity contribution in [2.75, 3.05) is 20.2 Å². The highest BCUT2D eigenvalue weighted by Gasteiger charge is 2.62. The zero-order valence-electron chi connectivity index (χ0n) is 15.8. The van der Waals surface area contributed by atoms with Crippen LogP contribution >= 0.6 is 0 Å². The topological polar surface area (TPSA) is 58.6 Å². The minimum atomic E-state index is -0.410. The summed E-state index contributed by atoms with van der Waals surface area (Å²) in [4.78, 5) is 26.1. The Bertz CT molecular complexity index is 726. The van der Waals surface area contributed by atoms with E-state index in [9.17, 15) is 9.59 Å². The molecule has 3 aliphatic rings. The zero-order valence-corrected chi connectivity index (χ0v) is 15.8. The van der Waals surface area contributed by atoms with Gasteiger partial charge in [0.25, 0.3) is 0 Å². The average Bonchev–Trinajstić information content (AvgIpc) is 3.18. The van der Waals surface area contributed by atoms with Crippen LogP contribution in [0, 0.1) is 11.8 Å². The van der Waals surface area contributed by atoms with Crippen LogP contribution in [0.2, 0.25) is 0 Å². The van der Waals surface area contributed by atoms with Crippen LogP contribution < -0.4 is 5.32 Å². The molecule has 1 aromatic carbocycles. The largest absolute Gasteiger partial charge is 0.453 e. The van der Waals surface area contributed by atoms with E-state index < -0.39 is 6.09 Å². The molecule has 1 aromatic rings. The van der Waals surface area contributed by atoms with Crippen molar-refractivity contribution >= 4 is 12.0 Å². The first-order valence-corrected chi connectivity index (χ1v) is 9.66. The predicted octanol–water partition coefficient (Wildman–Crippen LogP) is 3.04. The maximum atomic E-state index is 12.8. The van der Waals surface area contributed by atoms with E-state index in [-0.39, 0.29) is 23.3 Å². The van der Waals surface area contributed by atoms with Crippen molar-refractivity contribution in [2.45, 2.75) is 50.5 Å². The van der Waals surface area contributed by atoms with E-state index in [2.05, 4.69) is 53.1 Å². The minimum absolute atomic E-state index is 0.0497. The number of ether oxygens (including phenoxy) is 1. The summed E-state index contributed by atoms with van der Waals surface area (Å²) in [7, 11) is 1.36. The SMILES string of the molecule is COC(=O)NC1CC(C(=O)N2CC3CC3(c3cccc(C(C)C)c3)C2)C1. The van der Waals surface area contributed by atoms with Crippen molar-refractivity contribution in [2.24, 2.45) is 11.8 Å². The highest BCUT2D eigenvalue weighted by molar-refractivity contribution is 5.81. The summed E-state index contributed by atoms with van der Waals surface area (Å²) in [5, 5.41) is 2.78. The molecular formula is C21H28N2O3. The molecule has 1 N–H and O–H groups in total. The fourth-order valence-electron chi connectivity index (χ4n) is 4.73. The molecule has 1 heterocycles. The predicted molar refractivity (Wildman–Crippen MR) is 98.9 cm³/mol. The highest BCUT2D eigenvalue weighted by Crippen LogP contribution is 2.59. The molecule has 26 heavy (non-hydrogen) atoms. The van der Waals surface area contributed by atoms with Gasteiger partial charge in [-0.1, -0.05) is 38.1 Å². The Hall–Kier alpha value is -2.04. The monoisotopic (exact) mass is 356 g/mol. The van der Waals surface area contributed by atoms with Crippen LogP contribution in [0.1, 0.15) is 50.2 Å². The molecule has 1 aliphatic heterocycles. The fourth-order valence-corrected chi connectivity index (χ4v) is 4.73. The Kier molecular flexibility index (Phi) is 4.20. The first-order chi connectivity index (χ1) is 12.4. The van der Waals surface area contributed by atoms with Gasteiger partial charge in [-0.05, 0) is 42.2 Å². The Morgan fingerprint density at radius 3 is 2.77 bits per heavy atom. The Labute approximate surface area is 155 Å². The van der Waals surface area contributed by atoms with Gasteiger partial charge < -0.3 is 15.0 Å². The smallest absolute Gasteiger partial charge is 0.407 e. The van der Waals surface area contributed by atoms with E-state index in [4.69, 9.17) is 0 Å². The van der Waals surface area contributed by atoms with Crippen LogP contribution in [0.5, 0.6) is 0 Å². The van der Waals surface area contributed by atoms with Crippen LogP contribution in [0.25, 0.3) is 0 Å². The van der Waals surface area contributed by atoms with E-state index in [0.717, 1.165) is 25.9 Å². The molecule has 2 atom stereocenters. The first-order valence-electron chi connectivity index (χ1n) is 9.66. The molecule has 0 aromatic heterocycles. The summed E-state index contributed by atoms with van der Waals surface area (Å²) in [5.74, 6) is 1.45. The van der Waals surface area contributed by atoms with Crippen LogP contribution in [0.15, 0.2) is 24.3 Å². The van der Waals surface area contributed by atoms with E-state index in [1.165, 1.54) is 24.7 Å². The van der Waals surface area contributed by atoms with E-state index in [1.807, 2.05) is 0 Å². The van der Waals surface area contributed by atoms with Gasteiger partial charge in [-0.3, -0.25) is 4.79 Å². The van der Waals surface area contributed by atoms with Gasteiger partial charge in [0.2, 0.25) is 5.91 Å². The lowest BCUT2D eigenvalue weighted by molar-refractivity contribution is -0.138. The number of piperidine rings is 1. The molecule has 3 fully saturated rings. The second-order valence-corrected chi connectivity index (χ2v) is 8.56. The lowest BCUT2D eigenvalue weighted by atomic mass is 9.79. The van der Waals surface area contributed by atoms with Gasteiger partial charge in [-0.25, -0.2) is 4.79 Å². The van der Waals surface area contributed by atoms with Crippen LogP contribution in [0.3, 0.4) is 0 Å². The van der Waals surface area contributed by atoms with Gasteiger partial charge in [0.1, 0.15) is 0 Å². The number of rotatable bonds is 4. The number of nitrogens with zero attached hydrogens (tertiary/aromatic N) is 1. The van der Waals surface area contributed by atoms with E-state index >= 15 is 0 Å². The molecule has 4 rings (SSSR count). The number of hydrogen-bond donors (Lipinski definition) is 1. The van der Waals surface area contributed by atoms with Gasteiger partial charge >= 0.3 is 6.09 Å². The third kappa shape index (κ3) is 2.87. The number of benzene rings is 1. The average molecular weight is 356 g/mol. The lowest BCUT2D eigenvalue weighted by Crippen LogP contribution is -2.50. The summed E-state index contributed by atoms with van der Waals surface area (Å²) in [6, 6.07) is 9.01. The summed E-state index contributed by atoms with van der Waals surface area (Å²) in [5.41, 5.74) is 2.97. The second kappa shape index (κ2) is 6.29. The highest BCUT2D eigenvalue weighted by atomic mass is 16.5. The van der Waals surface area contributed by atoms with Crippen LogP contribution in [-0.2, 0) is 14.9 Å². The summed E-state index contributed by atoms with van der Waals surface area (Å²) < 4.78 is 4.62. The second-order valence-electron chi connectivity index (χ2n) is 8.56. The van der Waals surface area contributed by atoms with Crippen molar-refractivity contribution in [3.63, 3.8) is 0 Å². The summed E-state index contributed by atoms with van der Waals surface area (Å²) >= 11 is 0. The summed E-state index contributed by atoms with van der Waals surface area (Å²) in [6.45, 7) is 6.18. The molecule has 0 radical (unpaired) electrons. The molecule has 2 unspecified atom stereocenters. The Balaban J connectivity index is 1.37. The minimum Gasteiger partial charge on any atom is -0.453 e. The van der Waals surface area contributed by atoms with Crippen LogP contribution in [-0.4, -0.2) is 43.1 Å². The third-order valence-corrected chi connectivity index (χ3v) is 6.58. The first kappa shape index (κ1) is 17.4. The van der Waals surface area contributed by atoms with E-state index in [0.29, 0.717) is 11.8 Å². The number of methoxy groups -OCH3 is 1. The molecule has 1 saturated heterocycles. The van der Waals surface area contributed by atoms with Crippen molar-refractivity contribution in [3.05, 3.63) is 35.4 Å². The van der Waals surface area contributed by atoms with Crippen molar-refractivity contribution in [1.82, 2.24) is 10.2 Å². The number of fused-ring (bicyclic) bond motifs is 1. The lowest BCUT2D eigenvalue weighted by Gasteiger charge is -2.37. The molecule has 0 spiro atoms. The quantitative estimate of drug-likeness (QED) is 0.902. The van der Waals surface area contributed by atoms with Gasteiger partial charge in [-0.2, -0.15) is 0 Å². The molecule has 0 bridgehead atoms. The van der Waals surface area contributed by atoms with Crippen molar-refractivity contribution in [3.8, 4) is 0 Å². The van der Waals surface area contributed by atoms with Crippen molar-refractivity contribution < 1.29 is 14.3 Å². The van der Waals surface area contributed by atoms with Gasteiger partial charge in [-0.15, -0.1) is 0 Å². The molecule has 5 heteroatoms. The van der Waals surface area contributed by atoms with Crippen molar-refractivity contribution in [1.29, 1.82) is 0 Å². The van der Waals surface area contributed by atoms with E-state index in [1.54, 1.807) is 0 Å². The van der Waals surface area contributed by atoms with Gasteiger partial charge in [0, 0.05) is 30.5 Å². The number of likely N-dealkylation sites (tertiary alicyclic amines) is 1. The number of carbonyl (C=O) groups is 2. The standard InChI is InChI=1S/C21H28N2O3/c1-13(2)14-5-4-6-16(7-14)21-10-17(21)11-23(12-21)19(24)15-8-18(9-15)22-20(25)26-3/h4-7,13,15,17-18H,8-12H2,1-3H3,(H,22,25). The molecule has 5 nitrogen and oxygen atoms in total. The molecule has 2 aliphatic carbocycles. The number of amides is 2. The third-order valence-electron chi connectivity index (χ3n) is 6.58. The number of nitrogens with one attached hydrogen (secondary N) is 1. The molecular weight excluding hydrogens is 328 g/mol. The molecule has 140 valence electrons. The maximum absolute atomic E-state index is 12.8. The molecule has 2 amide bonds. The van der Waals surface area contributed by atoms with Gasteiger partial charge in [0.05, 0.1) is 7.11 Å². The Morgan fingerprint density at radius 1 is 1.31 bits per heavy atom. The normalized spacial score (nSPS) is 32.0. The summed E-state index contributed by atoms with van der Waals surface area (Å²) in [6.07, 6.45) is 2.25. The Morgan fingerprint density at radius 2 is 2.08 bits per heavy atom. The van der Waals surface area contributed by atoms with Crippen LogP contribution in [0.4, 0.5) is 4.79 Å². The fraction of sp³-hybridized carbons (Fsp3) is 0.619.